The normalized spacial score (nSPS) is 14.9. The van der Waals surface area contributed by atoms with Crippen LogP contribution in [0.3, 0.4) is 0 Å². The molecule has 1 heterocycles. The Morgan fingerprint density at radius 3 is 2.22 bits per heavy atom. The molecule has 7 nitrogen and oxygen atoms in total. The number of hydrogen-bond donors (Lipinski definition) is 1. The number of aryl methyl sites for hydroxylation is 1. The monoisotopic (exact) mass is 605 g/mol. The van der Waals surface area contributed by atoms with Gasteiger partial charge in [0.25, 0.3) is 5.91 Å². The first-order chi connectivity index (χ1) is 17.5. The number of anilines is 2. The highest BCUT2D eigenvalue weighted by molar-refractivity contribution is 9.10. The molecule has 1 aliphatic rings. The lowest BCUT2D eigenvalue weighted by atomic mass is 10.1. The van der Waals surface area contributed by atoms with Crippen molar-refractivity contribution in [3.05, 3.63) is 81.8 Å². The molecule has 196 valence electrons. The smallest absolute Gasteiger partial charge is 0.268 e. The summed E-state index contributed by atoms with van der Waals surface area (Å²) in [5, 5.41) is 3.43. The number of halogens is 2. The van der Waals surface area contributed by atoms with Crippen LogP contribution in [-0.2, 0) is 14.8 Å². The van der Waals surface area contributed by atoms with Crippen molar-refractivity contribution in [2.75, 3.05) is 36.4 Å². The van der Waals surface area contributed by atoms with Gasteiger partial charge in [-0.2, -0.15) is 4.31 Å². The van der Waals surface area contributed by atoms with Gasteiger partial charge in [0.05, 0.1) is 21.3 Å². The summed E-state index contributed by atoms with van der Waals surface area (Å²) in [6.45, 7) is 6.77. The average Bonchev–Trinajstić information content (AvgIpc) is 2.86. The van der Waals surface area contributed by atoms with Gasteiger partial charge in [0.2, 0.25) is 10.0 Å². The van der Waals surface area contributed by atoms with E-state index in [4.69, 9.17) is 16.3 Å². The number of ether oxygens (including phenoxy) is 1. The van der Waals surface area contributed by atoms with Gasteiger partial charge in [-0.15, -0.1) is 0 Å². The lowest BCUT2D eigenvalue weighted by molar-refractivity contribution is -0.128. The van der Waals surface area contributed by atoms with E-state index >= 15 is 0 Å². The Hall–Kier alpha value is -2.59. The first kappa shape index (κ1) is 27.4. The molecular formula is C27H29BrClN3O4S. The Morgan fingerprint density at radius 1 is 0.973 bits per heavy atom. The van der Waals surface area contributed by atoms with Crippen molar-refractivity contribution in [1.82, 2.24) is 4.31 Å². The molecule has 37 heavy (non-hydrogen) atoms. The van der Waals surface area contributed by atoms with E-state index in [1.807, 2.05) is 24.0 Å². The molecule has 0 aliphatic carbocycles. The summed E-state index contributed by atoms with van der Waals surface area (Å²) >= 11 is 9.97. The molecule has 0 atom stereocenters. The van der Waals surface area contributed by atoms with Crippen LogP contribution in [0.4, 0.5) is 11.4 Å². The minimum absolute atomic E-state index is 0.283. The Kier molecular flexibility index (Phi) is 8.18. The first-order valence-corrected chi connectivity index (χ1v) is 14.4. The van der Waals surface area contributed by atoms with Crippen LogP contribution in [0.2, 0.25) is 5.02 Å². The molecule has 1 aliphatic heterocycles. The van der Waals surface area contributed by atoms with Crippen LogP contribution in [-0.4, -0.2) is 50.4 Å². The molecule has 0 spiro atoms. The molecule has 0 saturated carbocycles. The van der Waals surface area contributed by atoms with Crippen molar-refractivity contribution in [2.24, 2.45) is 0 Å². The van der Waals surface area contributed by atoms with Crippen molar-refractivity contribution >= 4 is 54.8 Å². The van der Waals surface area contributed by atoms with Crippen LogP contribution >= 0.6 is 27.5 Å². The predicted octanol–water partition coefficient (Wildman–Crippen LogP) is 5.72. The summed E-state index contributed by atoms with van der Waals surface area (Å²) in [7, 11) is -3.59. The maximum absolute atomic E-state index is 13.2. The van der Waals surface area contributed by atoms with Gasteiger partial charge >= 0.3 is 0 Å². The van der Waals surface area contributed by atoms with E-state index in [9.17, 15) is 13.2 Å². The molecule has 1 fully saturated rings. The third-order valence-corrected chi connectivity index (χ3v) is 8.93. The summed E-state index contributed by atoms with van der Waals surface area (Å²) in [5.41, 5.74) is 1.04. The van der Waals surface area contributed by atoms with Gasteiger partial charge in [-0.25, -0.2) is 8.42 Å². The maximum atomic E-state index is 13.2. The second kappa shape index (κ2) is 11.0. The molecule has 0 bridgehead atoms. The van der Waals surface area contributed by atoms with Gasteiger partial charge in [0.1, 0.15) is 5.75 Å². The molecule has 0 aromatic heterocycles. The van der Waals surface area contributed by atoms with E-state index in [0.717, 1.165) is 10.0 Å². The molecule has 0 radical (unpaired) electrons. The zero-order chi connectivity index (χ0) is 26.8. The van der Waals surface area contributed by atoms with Crippen LogP contribution in [0.1, 0.15) is 19.4 Å². The fraction of sp³-hybridized carbons (Fsp3) is 0.296. The van der Waals surface area contributed by atoms with E-state index in [1.165, 1.54) is 4.31 Å². The van der Waals surface area contributed by atoms with E-state index in [1.54, 1.807) is 68.4 Å². The van der Waals surface area contributed by atoms with Crippen LogP contribution in [0, 0.1) is 6.92 Å². The molecule has 1 N–H and O–H groups in total. The van der Waals surface area contributed by atoms with E-state index in [-0.39, 0.29) is 10.8 Å². The van der Waals surface area contributed by atoms with Gasteiger partial charge in [-0.3, -0.25) is 4.79 Å². The second-order valence-corrected chi connectivity index (χ2v) is 12.6. The number of nitrogens with zero attached hydrogens (tertiary/aromatic N) is 2. The highest BCUT2D eigenvalue weighted by Crippen LogP contribution is 2.36. The zero-order valence-electron chi connectivity index (χ0n) is 20.9. The predicted molar refractivity (Wildman–Crippen MR) is 151 cm³/mol. The topological polar surface area (TPSA) is 79.0 Å². The Morgan fingerprint density at radius 2 is 1.59 bits per heavy atom. The van der Waals surface area contributed by atoms with Crippen molar-refractivity contribution in [3.63, 3.8) is 0 Å². The number of hydrogen-bond acceptors (Lipinski definition) is 5. The molecule has 1 amide bonds. The van der Waals surface area contributed by atoms with E-state index < -0.39 is 15.6 Å². The van der Waals surface area contributed by atoms with Gasteiger partial charge in [-0.1, -0.05) is 51.3 Å². The number of benzene rings is 3. The standard InChI is InChI=1S/C27H29BrClN3O4S/c1-19-7-13-22(14-8-19)37(34,35)32-17-15-31(16-18-32)25-23(29)5-4-6-24(25)30-26(33)27(2,3)36-21-11-9-20(28)10-12-21/h4-14H,15-18H2,1-3H3,(H,30,33). The minimum atomic E-state index is -3.59. The molecular weight excluding hydrogens is 578 g/mol. The molecule has 3 aromatic rings. The van der Waals surface area contributed by atoms with Gasteiger partial charge in [0.15, 0.2) is 5.60 Å². The van der Waals surface area contributed by atoms with Crippen LogP contribution in [0.15, 0.2) is 76.1 Å². The van der Waals surface area contributed by atoms with E-state index in [2.05, 4.69) is 21.2 Å². The number of sulfonamides is 1. The second-order valence-electron chi connectivity index (χ2n) is 9.36. The van der Waals surface area contributed by atoms with E-state index in [0.29, 0.717) is 48.3 Å². The summed E-state index contributed by atoms with van der Waals surface area (Å²) < 4.78 is 34.6. The summed E-state index contributed by atoms with van der Waals surface area (Å²) in [4.78, 5) is 15.5. The molecule has 0 unspecified atom stereocenters. The number of para-hydroxylation sites is 1. The maximum Gasteiger partial charge on any atom is 0.268 e. The van der Waals surface area contributed by atoms with Crippen LogP contribution in [0.5, 0.6) is 5.75 Å². The van der Waals surface area contributed by atoms with Crippen molar-refractivity contribution in [1.29, 1.82) is 0 Å². The molecule has 10 heteroatoms. The number of rotatable bonds is 7. The number of amides is 1. The third-order valence-electron chi connectivity index (χ3n) is 6.18. The van der Waals surface area contributed by atoms with Gasteiger partial charge in [0, 0.05) is 30.7 Å². The Labute approximate surface area is 231 Å². The zero-order valence-corrected chi connectivity index (χ0v) is 24.0. The van der Waals surface area contributed by atoms with Crippen molar-refractivity contribution in [3.8, 4) is 5.75 Å². The molecule has 1 saturated heterocycles. The van der Waals surface area contributed by atoms with Crippen LogP contribution < -0.4 is 15.0 Å². The number of nitrogens with one attached hydrogen (secondary N) is 1. The fourth-order valence-electron chi connectivity index (χ4n) is 4.07. The number of carbonyl (C=O) groups excluding carboxylic acids is 1. The average molecular weight is 607 g/mol. The fourth-order valence-corrected chi connectivity index (χ4v) is 6.05. The minimum Gasteiger partial charge on any atom is -0.478 e. The SMILES string of the molecule is Cc1ccc(S(=O)(=O)N2CCN(c3c(Cl)cccc3NC(=O)C(C)(C)Oc3ccc(Br)cc3)CC2)cc1. The largest absolute Gasteiger partial charge is 0.478 e. The number of carbonyl (C=O) groups is 1. The molecule has 3 aromatic carbocycles. The lowest BCUT2D eigenvalue weighted by Crippen LogP contribution is -2.49. The van der Waals surface area contributed by atoms with Crippen molar-refractivity contribution in [2.45, 2.75) is 31.3 Å². The quantitative estimate of drug-likeness (QED) is 0.372. The highest BCUT2D eigenvalue weighted by Gasteiger charge is 2.33. The highest BCUT2D eigenvalue weighted by atomic mass is 79.9. The van der Waals surface area contributed by atoms with Gasteiger partial charge < -0.3 is 15.0 Å². The summed E-state index contributed by atoms with van der Waals surface area (Å²) in [5.74, 6) is 0.236. The van der Waals surface area contributed by atoms with Gasteiger partial charge in [-0.05, 0) is 69.3 Å². The van der Waals surface area contributed by atoms with Crippen molar-refractivity contribution < 1.29 is 17.9 Å². The lowest BCUT2D eigenvalue weighted by Gasteiger charge is -2.37. The first-order valence-electron chi connectivity index (χ1n) is 11.8. The number of piperazine rings is 1. The summed E-state index contributed by atoms with van der Waals surface area (Å²) in [6, 6.07) is 19.4. The van der Waals surface area contributed by atoms with Crippen LogP contribution in [0.25, 0.3) is 0 Å². The third kappa shape index (κ3) is 6.29. The Bertz CT molecular complexity index is 1370. The summed E-state index contributed by atoms with van der Waals surface area (Å²) in [6.07, 6.45) is 0. The molecule has 4 rings (SSSR count). The Balaban J connectivity index is 1.48.